The van der Waals surface area contributed by atoms with E-state index in [9.17, 15) is 9.59 Å². The lowest BCUT2D eigenvalue weighted by atomic mass is 9.99. The number of carbonyl (C=O) groups excluding carboxylic acids is 2. The van der Waals surface area contributed by atoms with Crippen molar-refractivity contribution in [1.82, 2.24) is 5.32 Å². The van der Waals surface area contributed by atoms with Crippen LogP contribution in [0.3, 0.4) is 0 Å². The maximum Gasteiger partial charge on any atom is 0.256 e. The zero-order valence-electron chi connectivity index (χ0n) is 12.7. The number of nitrogens with one attached hydrogen (secondary N) is 1. The van der Waals surface area contributed by atoms with Gasteiger partial charge in [0.05, 0.1) is 16.8 Å². The van der Waals surface area contributed by atoms with Crippen LogP contribution in [0.15, 0.2) is 65.7 Å². The van der Waals surface area contributed by atoms with Gasteiger partial charge < -0.3 is 5.32 Å². The molecule has 1 aliphatic heterocycles. The van der Waals surface area contributed by atoms with Gasteiger partial charge in [0.25, 0.3) is 5.91 Å². The standard InChI is InChI=1S/C20H15NO2/c1-12-6-5-9-14(10-12)15-11-16(22)18-17(15)20(23)21-19(18)13-7-3-2-4-8-13/h2-10H,11H2,1H3,(H,21,23). The Morgan fingerprint density at radius 3 is 2.35 bits per heavy atom. The maximum atomic E-state index is 12.6. The molecule has 1 N–H and O–H groups in total. The number of amides is 1. The highest BCUT2D eigenvalue weighted by molar-refractivity contribution is 6.31. The molecule has 1 heterocycles. The van der Waals surface area contributed by atoms with Crippen molar-refractivity contribution in [1.29, 1.82) is 0 Å². The van der Waals surface area contributed by atoms with Crippen LogP contribution in [-0.2, 0) is 9.59 Å². The number of hydrogen-bond donors (Lipinski definition) is 1. The van der Waals surface area contributed by atoms with Gasteiger partial charge in [0.1, 0.15) is 0 Å². The number of ketones is 1. The first kappa shape index (κ1) is 13.7. The van der Waals surface area contributed by atoms with Gasteiger partial charge >= 0.3 is 0 Å². The Labute approximate surface area is 134 Å². The van der Waals surface area contributed by atoms with Crippen molar-refractivity contribution in [3.05, 3.63) is 82.4 Å². The van der Waals surface area contributed by atoms with E-state index in [0.717, 1.165) is 22.3 Å². The molecule has 0 radical (unpaired) electrons. The molecule has 4 rings (SSSR count). The van der Waals surface area contributed by atoms with Gasteiger partial charge in [-0.25, -0.2) is 0 Å². The quantitative estimate of drug-likeness (QED) is 0.925. The molecule has 2 aromatic rings. The molecule has 0 bridgehead atoms. The van der Waals surface area contributed by atoms with Crippen LogP contribution in [0.5, 0.6) is 0 Å². The van der Waals surface area contributed by atoms with E-state index in [2.05, 4.69) is 5.32 Å². The Morgan fingerprint density at radius 1 is 0.870 bits per heavy atom. The molecular formula is C20H15NO2. The fraction of sp³-hybridized carbons (Fsp3) is 0.100. The van der Waals surface area contributed by atoms with E-state index >= 15 is 0 Å². The summed E-state index contributed by atoms with van der Waals surface area (Å²) in [6, 6.07) is 17.5. The van der Waals surface area contributed by atoms with E-state index < -0.39 is 0 Å². The van der Waals surface area contributed by atoms with Crippen LogP contribution in [0.2, 0.25) is 0 Å². The number of rotatable bonds is 2. The third kappa shape index (κ3) is 2.13. The Hall–Kier alpha value is -2.94. The molecule has 3 nitrogen and oxygen atoms in total. The number of Topliss-reactive ketones (excluding diaryl/α,β-unsaturated/α-hetero) is 1. The third-order valence-corrected chi connectivity index (χ3v) is 4.31. The molecule has 0 spiro atoms. The Morgan fingerprint density at radius 2 is 1.61 bits per heavy atom. The zero-order valence-corrected chi connectivity index (χ0v) is 12.7. The Bertz CT molecular complexity index is 904. The van der Waals surface area contributed by atoms with E-state index in [-0.39, 0.29) is 18.1 Å². The zero-order chi connectivity index (χ0) is 16.0. The molecule has 23 heavy (non-hydrogen) atoms. The van der Waals surface area contributed by atoms with Crippen LogP contribution in [0.25, 0.3) is 11.3 Å². The highest BCUT2D eigenvalue weighted by Crippen LogP contribution is 2.42. The molecule has 3 heteroatoms. The summed E-state index contributed by atoms with van der Waals surface area (Å²) < 4.78 is 0. The SMILES string of the molecule is Cc1cccc(C2=C3C(=O)NC(c4ccccc4)=C3C(=O)C2)c1. The van der Waals surface area contributed by atoms with E-state index in [1.807, 2.05) is 61.5 Å². The first-order chi connectivity index (χ1) is 11.1. The summed E-state index contributed by atoms with van der Waals surface area (Å²) in [4.78, 5) is 25.1. The fourth-order valence-electron chi connectivity index (χ4n) is 3.28. The topological polar surface area (TPSA) is 46.2 Å². The number of aryl methyl sites for hydroxylation is 1. The summed E-state index contributed by atoms with van der Waals surface area (Å²) in [6.45, 7) is 2.01. The average molecular weight is 301 g/mol. The maximum absolute atomic E-state index is 12.6. The molecule has 0 atom stereocenters. The van der Waals surface area contributed by atoms with Crippen LogP contribution >= 0.6 is 0 Å². The molecule has 112 valence electrons. The lowest BCUT2D eigenvalue weighted by molar-refractivity contribution is -0.116. The van der Waals surface area contributed by atoms with Gasteiger partial charge in [-0.1, -0.05) is 60.2 Å². The van der Waals surface area contributed by atoms with Crippen LogP contribution in [0.1, 0.15) is 23.1 Å². The number of allylic oxidation sites excluding steroid dienone is 1. The molecule has 2 aliphatic rings. The van der Waals surface area contributed by atoms with Crippen LogP contribution in [0.4, 0.5) is 0 Å². The molecule has 0 saturated carbocycles. The monoisotopic (exact) mass is 301 g/mol. The van der Waals surface area contributed by atoms with Gasteiger partial charge in [-0.15, -0.1) is 0 Å². The van der Waals surface area contributed by atoms with Gasteiger partial charge in [0, 0.05) is 6.42 Å². The fourth-order valence-corrected chi connectivity index (χ4v) is 3.28. The molecule has 2 aromatic carbocycles. The van der Waals surface area contributed by atoms with Gasteiger partial charge in [-0.3, -0.25) is 9.59 Å². The summed E-state index contributed by atoms with van der Waals surface area (Å²) in [5.41, 5.74) is 5.48. The third-order valence-electron chi connectivity index (χ3n) is 4.31. The minimum atomic E-state index is -0.179. The Kier molecular flexibility index (Phi) is 3.01. The van der Waals surface area contributed by atoms with Gasteiger partial charge in [0.15, 0.2) is 5.78 Å². The van der Waals surface area contributed by atoms with E-state index in [4.69, 9.17) is 0 Å². The number of benzene rings is 2. The minimum Gasteiger partial charge on any atom is -0.321 e. The van der Waals surface area contributed by atoms with Crippen molar-refractivity contribution < 1.29 is 9.59 Å². The summed E-state index contributed by atoms with van der Waals surface area (Å²) in [6.07, 6.45) is 0.290. The second-order valence-corrected chi connectivity index (χ2v) is 5.89. The summed E-state index contributed by atoms with van der Waals surface area (Å²) in [5, 5.41) is 2.88. The van der Waals surface area contributed by atoms with Gasteiger partial charge in [0.2, 0.25) is 0 Å². The second kappa shape index (κ2) is 5.06. The van der Waals surface area contributed by atoms with Crippen LogP contribution in [0, 0.1) is 6.92 Å². The largest absolute Gasteiger partial charge is 0.321 e. The number of carbonyl (C=O) groups is 2. The molecule has 0 aromatic heterocycles. The first-order valence-corrected chi connectivity index (χ1v) is 7.60. The molecule has 0 unspecified atom stereocenters. The summed E-state index contributed by atoms with van der Waals surface area (Å²) in [5.74, 6) is -0.171. The van der Waals surface area contributed by atoms with Gasteiger partial charge in [-0.2, -0.15) is 0 Å². The van der Waals surface area contributed by atoms with Crippen molar-refractivity contribution in [2.24, 2.45) is 0 Å². The molecule has 0 saturated heterocycles. The Balaban J connectivity index is 1.92. The summed E-state index contributed by atoms with van der Waals surface area (Å²) in [7, 11) is 0. The van der Waals surface area contributed by atoms with Crippen molar-refractivity contribution in [3.8, 4) is 0 Å². The smallest absolute Gasteiger partial charge is 0.256 e. The predicted molar refractivity (Wildman–Crippen MR) is 89.2 cm³/mol. The lowest BCUT2D eigenvalue weighted by Crippen LogP contribution is -2.16. The lowest BCUT2D eigenvalue weighted by Gasteiger charge is -2.06. The first-order valence-electron chi connectivity index (χ1n) is 7.60. The van der Waals surface area contributed by atoms with E-state index in [1.165, 1.54) is 0 Å². The number of fused-ring (bicyclic) bond motifs is 1. The van der Waals surface area contributed by atoms with Crippen LogP contribution in [-0.4, -0.2) is 11.7 Å². The van der Waals surface area contributed by atoms with E-state index in [1.54, 1.807) is 0 Å². The van der Waals surface area contributed by atoms with E-state index in [0.29, 0.717) is 16.8 Å². The molecule has 0 fully saturated rings. The van der Waals surface area contributed by atoms with Gasteiger partial charge in [-0.05, 0) is 23.6 Å². The number of hydrogen-bond acceptors (Lipinski definition) is 2. The van der Waals surface area contributed by atoms with Crippen molar-refractivity contribution in [2.45, 2.75) is 13.3 Å². The summed E-state index contributed by atoms with van der Waals surface area (Å²) >= 11 is 0. The highest BCUT2D eigenvalue weighted by atomic mass is 16.2. The van der Waals surface area contributed by atoms with Crippen molar-refractivity contribution >= 4 is 23.0 Å². The molecule has 1 aliphatic carbocycles. The predicted octanol–water partition coefficient (Wildman–Crippen LogP) is 3.26. The average Bonchev–Trinajstić information content (AvgIpc) is 3.08. The van der Waals surface area contributed by atoms with Crippen LogP contribution < -0.4 is 5.32 Å². The minimum absolute atomic E-state index is 0.00806. The normalized spacial score (nSPS) is 16.9. The molecule has 1 amide bonds. The van der Waals surface area contributed by atoms with Crippen molar-refractivity contribution in [3.63, 3.8) is 0 Å². The highest BCUT2D eigenvalue weighted by Gasteiger charge is 2.40. The van der Waals surface area contributed by atoms with Crippen molar-refractivity contribution in [2.75, 3.05) is 0 Å². The second-order valence-electron chi connectivity index (χ2n) is 5.89. The molecular weight excluding hydrogens is 286 g/mol.